The Balaban J connectivity index is 0.000000980. The van der Waals surface area contributed by atoms with Gasteiger partial charge in [0, 0.05) is 21.1 Å². The average molecular weight is 365 g/mol. The van der Waals surface area contributed by atoms with Gasteiger partial charge in [-0.15, -0.1) is 0 Å². The molecule has 0 bridgehead atoms. The van der Waals surface area contributed by atoms with Gasteiger partial charge in [-0.25, -0.2) is 0 Å². The molecule has 3 heteroatoms. The summed E-state index contributed by atoms with van der Waals surface area (Å²) in [5.74, 6) is 0. The summed E-state index contributed by atoms with van der Waals surface area (Å²) in [5.41, 5.74) is 0.673. The summed E-state index contributed by atoms with van der Waals surface area (Å²) in [5, 5.41) is 0. The summed E-state index contributed by atoms with van der Waals surface area (Å²) in [6, 6.07) is 0. The zero-order valence-corrected chi connectivity index (χ0v) is 12.1. The van der Waals surface area contributed by atoms with E-state index >= 15 is 0 Å². The molecule has 2 heterocycles. The van der Waals surface area contributed by atoms with Crippen LogP contribution in [0.1, 0.15) is 26.2 Å². The third-order valence-corrected chi connectivity index (χ3v) is 3.57. The van der Waals surface area contributed by atoms with Crippen molar-refractivity contribution < 1.29 is 21.1 Å². The summed E-state index contributed by atoms with van der Waals surface area (Å²) in [4.78, 5) is 4.81. The van der Waals surface area contributed by atoms with Crippen LogP contribution < -0.4 is 0 Å². The number of likely N-dealkylation sites (tertiary alicyclic amines) is 2. The average Bonchev–Trinajstić information content (AvgIpc) is 2.07. The van der Waals surface area contributed by atoms with Gasteiger partial charge in [0.25, 0.3) is 0 Å². The molecule has 2 nitrogen and oxygen atoms in total. The fourth-order valence-electron chi connectivity index (χ4n) is 2.79. The van der Waals surface area contributed by atoms with E-state index in [2.05, 4.69) is 23.8 Å². The molecule has 0 unspecified atom stereocenters. The van der Waals surface area contributed by atoms with E-state index in [9.17, 15) is 0 Å². The Labute approximate surface area is 102 Å². The minimum atomic E-state index is 0. The number of rotatable bonds is 2. The SMILES string of the molecule is [CH2-]N1CC2(CCN(CCC)CC2)C1.[W]. The number of hydrogen-bond acceptors (Lipinski definition) is 2. The van der Waals surface area contributed by atoms with Gasteiger partial charge in [-0.2, -0.15) is 0 Å². The Bertz CT molecular complexity index is 168. The van der Waals surface area contributed by atoms with Gasteiger partial charge in [0.1, 0.15) is 0 Å². The van der Waals surface area contributed by atoms with Gasteiger partial charge in [-0.3, -0.25) is 7.05 Å². The molecule has 2 rings (SSSR count). The smallest absolute Gasteiger partial charge is 0 e. The number of nitrogens with zero attached hydrogens (tertiary/aromatic N) is 2. The molecule has 2 fully saturated rings. The van der Waals surface area contributed by atoms with Crippen molar-refractivity contribution in [2.24, 2.45) is 5.41 Å². The van der Waals surface area contributed by atoms with Gasteiger partial charge in [0.2, 0.25) is 0 Å². The van der Waals surface area contributed by atoms with Crippen LogP contribution in [0.2, 0.25) is 0 Å². The van der Waals surface area contributed by atoms with Crippen molar-refractivity contribution in [2.45, 2.75) is 26.2 Å². The van der Waals surface area contributed by atoms with Gasteiger partial charge in [0.15, 0.2) is 0 Å². The molecule has 2 aliphatic rings. The van der Waals surface area contributed by atoms with E-state index in [1.54, 1.807) is 0 Å². The Morgan fingerprint density at radius 3 is 2.21 bits per heavy atom. The largest absolute Gasteiger partial charge is 0.458 e. The van der Waals surface area contributed by atoms with Gasteiger partial charge in [-0.05, 0) is 57.4 Å². The molecule has 0 aromatic heterocycles. The summed E-state index contributed by atoms with van der Waals surface area (Å²) in [7, 11) is 3.97. The van der Waals surface area contributed by atoms with Crippen molar-refractivity contribution in [3.63, 3.8) is 0 Å². The van der Waals surface area contributed by atoms with Crippen molar-refractivity contribution in [1.29, 1.82) is 0 Å². The summed E-state index contributed by atoms with van der Waals surface area (Å²) < 4.78 is 0. The topological polar surface area (TPSA) is 6.48 Å². The first-order valence-corrected chi connectivity index (χ1v) is 5.52. The van der Waals surface area contributed by atoms with Crippen LogP contribution in [0.15, 0.2) is 0 Å². The summed E-state index contributed by atoms with van der Waals surface area (Å²) in [6.45, 7) is 8.69. The molecule has 2 aliphatic heterocycles. The maximum Gasteiger partial charge on any atom is 0 e. The molecule has 0 N–H and O–H groups in total. The van der Waals surface area contributed by atoms with Gasteiger partial charge < -0.3 is 9.80 Å². The van der Waals surface area contributed by atoms with Crippen LogP contribution in [0.25, 0.3) is 0 Å². The fraction of sp³-hybridized carbons (Fsp3) is 0.909. The first-order valence-electron chi connectivity index (χ1n) is 5.52. The normalized spacial score (nSPS) is 27.0. The van der Waals surface area contributed by atoms with Crippen molar-refractivity contribution in [3.8, 4) is 0 Å². The van der Waals surface area contributed by atoms with Crippen LogP contribution in [0.4, 0.5) is 0 Å². The van der Waals surface area contributed by atoms with E-state index in [1.807, 2.05) is 0 Å². The molecule has 0 aromatic carbocycles. The van der Waals surface area contributed by atoms with Crippen LogP contribution in [-0.4, -0.2) is 42.5 Å². The van der Waals surface area contributed by atoms with Crippen LogP contribution in [0.5, 0.6) is 0 Å². The molecule has 0 amide bonds. The minimum Gasteiger partial charge on any atom is -0.458 e. The summed E-state index contributed by atoms with van der Waals surface area (Å²) in [6.07, 6.45) is 4.10. The molecule has 82 valence electrons. The van der Waals surface area contributed by atoms with E-state index in [1.165, 1.54) is 52.0 Å². The third kappa shape index (κ3) is 2.59. The standard InChI is InChI=1S/C11H21N2.W/c1-3-6-13-7-4-11(5-8-13)9-12(2)10-11;/h2-10H2,1H3;/q-1;. The maximum absolute atomic E-state index is 3.97. The first-order chi connectivity index (χ1) is 6.24. The Kier molecular flexibility index (Phi) is 4.61. The number of hydrogen-bond donors (Lipinski definition) is 0. The molecular formula is C11H21N2W-. The van der Waals surface area contributed by atoms with E-state index in [0.717, 1.165) is 0 Å². The zero-order valence-electron chi connectivity index (χ0n) is 9.17. The van der Waals surface area contributed by atoms with E-state index < -0.39 is 0 Å². The monoisotopic (exact) mass is 365 g/mol. The molecule has 14 heavy (non-hydrogen) atoms. The Hall–Kier alpha value is 0.608. The predicted octanol–water partition coefficient (Wildman–Crippen LogP) is 1.58. The molecule has 0 saturated carbocycles. The van der Waals surface area contributed by atoms with Crippen molar-refractivity contribution >= 4 is 0 Å². The Morgan fingerprint density at radius 2 is 1.79 bits per heavy atom. The molecular weight excluding hydrogens is 344 g/mol. The summed E-state index contributed by atoms with van der Waals surface area (Å²) >= 11 is 0. The molecule has 0 aliphatic carbocycles. The maximum atomic E-state index is 3.97. The van der Waals surface area contributed by atoms with Crippen molar-refractivity contribution in [3.05, 3.63) is 7.05 Å². The van der Waals surface area contributed by atoms with E-state index in [4.69, 9.17) is 0 Å². The van der Waals surface area contributed by atoms with Crippen LogP contribution in [0, 0.1) is 12.5 Å². The zero-order chi connectivity index (χ0) is 9.31. The molecule has 2 saturated heterocycles. The Morgan fingerprint density at radius 1 is 1.21 bits per heavy atom. The molecule has 0 atom stereocenters. The van der Waals surface area contributed by atoms with Crippen LogP contribution in [0.3, 0.4) is 0 Å². The fourth-order valence-corrected chi connectivity index (χ4v) is 2.79. The second kappa shape index (κ2) is 5.09. The molecule has 0 radical (unpaired) electrons. The minimum absolute atomic E-state index is 0. The van der Waals surface area contributed by atoms with Gasteiger partial charge in [-0.1, -0.05) is 6.92 Å². The quantitative estimate of drug-likeness (QED) is 0.686. The molecule has 1 spiro atoms. The molecule has 0 aromatic rings. The van der Waals surface area contributed by atoms with Crippen molar-refractivity contribution in [1.82, 2.24) is 9.80 Å². The van der Waals surface area contributed by atoms with Crippen molar-refractivity contribution in [2.75, 3.05) is 32.7 Å². The van der Waals surface area contributed by atoms with E-state index in [-0.39, 0.29) is 21.1 Å². The second-order valence-electron chi connectivity index (χ2n) is 4.83. The van der Waals surface area contributed by atoms with Gasteiger partial charge >= 0.3 is 0 Å². The number of piperidine rings is 1. The van der Waals surface area contributed by atoms with Crippen LogP contribution in [-0.2, 0) is 21.1 Å². The van der Waals surface area contributed by atoms with Crippen LogP contribution >= 0.6 is 0 Å². The first kappa shape index (κ1) is 12.7. The van der Waals surface area contributed by atoms with E-state index in [0.29, 0.717) is 5.41 Å². The third-order valence-electron chi connectivity index (χ3n) is 3.57. The second-order valence-corrected chi connectivity index (χ2v) is 4.83. The van der Waals surface area contributed by atoms with Gasteiger partial charge in [0.05, 0.1) is 0 Å². The predicted molar refractivity (Wildman–Crippen MR) is 55.3 cm³/mol.